The maximum Gasteiger partial charge on any atom is 0.244 e. The van der Waals surface area contributed by atoms with Gasteiger partial charge in [-0.15, -0.1) is 0 Å². The van der Waals surface area contributed by atoms with Gasteiger partial charge in [-0.3, -0.25) is 4.79 Å². The smallest absolute Gasteiger partial charge is 0.244 e. The van der Waals surface area contributed by atoms with Crippen molar-refractivity contribution in [3.05, 3.63) is 77.4 Å². The number of ether oxygens (including phenoxy) is 1. The molecule has 2 aromatic carbocycles. The fraction of sp³-hybridized carbons (Fsp3) is 0.250. The highest BCUT2D eigenvalue weighted by molar-refractivity contribution is 5.91. The van der Waals surface area contributed by atoms with E-state index in [-0.39, 0.29) is 11.5 Å². The third-order valence-electron chi connectivity index (χ3n) is 4.39. The Morgan fingerprint density at radius 1 is 1.09 bits per heavy atom. The van der Waals surface area contributed by atoms with Crippen molar-refractivity contribution in [1.82, 2.24) is 5.32 Å². The summed E-state index contributed by atoms with van der Waals surface area (Å²) in [5.74, 6) is -0.0961. The fourth-order valence-corrected chi connectivity index (χ4v) is 3.04. The molecule has 0 atom stereocenters. The topological polar surface area (TPSA) is 38.3 Å². The van der Waals surface area contributed by atoms with Gasteiger partial charge in [-0.1, -0.05) is 54.6 Å². The SMILES string of the molecule is COC1(CNC(=O)/C=C/c2ccccc2)Cc2ccccc2C1. The lowest BCUT2D eigenvalue weighted by Gasteiger charge is -2.27. The van der Waals surface area contributed by atoms with E-state index in [0.29, 0.717) is 6.54 Å². The highest BCUT2D eigenvalue weighted by Gasteiger charge is 2.37. The van der Waals surface area contributed by atoms with Gasteiger partial charge in [-0.05, 0) is 22.8 Å². The number of carbonyl (C=O) groups excluding carboxylic acids is 1. The molecule has 0 fully saturated rings. The molecule has 1 aliphatic rings. The number of hydrogen-bond acceptors (Lipinski definition) is 2. The maximum atomic E-state index is 12.1. The fourth-order valence-electron chi connectivity index (χ4n) is 3.04. The molecule has 1 amide bonds. The number of hydrogen-bond donors (Lipinski definition) is 1. The van der Waals surface area contributed by atoms with Crippen molar-refractivity contribution in [1.29, 1.82) is 0 Å². The van der Waals surface area contributed by atoms with Gasteiger partial charge in [0.1, 0.15) is 0 Å². The number of rotatable bonds is 5. The Balaban J connectivity index is 1.59. The van der Waals surface area contributed by atoms with Crippen molar-refractivity contribution in [2.75, 3.05) is 13.7 Å². The van der Waals surface area contributed by atoms with Crippen molar-refractivity contribution in [2.24, 2.45) is 0 Å². The van der Waals surface area contributed by atoms with Crippen LogP contribution in [0.3, 0.4) is 0 Å². The largest absolute Gasteiger partial charge is 0.376 e. The van der Waals surface area contributed by atoms with E-state index in [0.717, 1.165) is 18.4 Å². The lowest BCUT2D eigenvalue weighted by molar-refractivity contribution is -0.118. The molecule has 0 bridgehead atoms. The van der Waals surface area contributed by atoms with Crippen LogP contribution < -0.4 is 5.32 Å². The normalized spacial score (nSPS) is 15.5. The monoisotopic (exact) mass is 307 g/mol. The van der Waals surface area contributed by atoms with Crippen LogP contribution in [0.5, 0.6) is 0 Å². The Labute approximate surface area is 137 Å². The Morgan fingerprint density at radius 3 is 2.30 bits per heavy atom. The van der Waals surface area contributed by atoms with Gasteiger partial charge < -0.3 is 10.1 Å². The molecule has 0 unspecified atom stereocenters. The summed E-state index contributed by atoms with van der Waals surface area (Å²) in [5.41, 5.74) is 3.30. The molecule has 0 saturated carbocycles. The minimum Gasteiger partial charge on any atom is -0.376 e. The zero-order valence-electron chi connectivity index (χ0n) is 13.3. The number of methoxy groups -OCH3 is 1. The summed E-state index contributed by atoms with van der Waals surface area (Å²) in [7, 11) is 1.72. The lowest BCUT2D eigenvalue weighted by Crippen LogP contribution is -2.44. The summed E-state index contributed by atoms with van der Waals surface area (Å²) < 4.78 is 5.76. The molecule has 0 spiro atoms. The Kier molecular flexibility index (Phi) is 4.58. The molecular formula is C20H21NO2. The van der Waals surface area contributed by atoms with E-state index in [1.807, 2.05) is 48.5 Å². The summed E-state index contributed by atoms with van der Waals surface area (Å²) in [6.07, 6.45) is 5.06. The van der Waals surface area contributed by atoms with Crippen LogP contribution in [0.25, 0.3) is 6.08 Å². The van der Waals surface area contributed by atoms with E-state index in [1.165, 1.54) is 11.1 Å². The summed E-state index contributed by atoms with van der Waals surface area (Å²) >= 11 is 0. The molecule has 0 heterocycles. The van der Waals surface area contributed by atoms with Gasteiger partial charge in [-0.2, -0.15) is 0 Å². The third-order valence-corrected chi connectivity index (χ3v) is 4.39. The molecule has 2 aromatic rings. The molecule has 118 valence electrons. The summed E-state index contributed by atoms with van der Waals surface area (Å²) in [5, 5.41) is 2.97. The second-order valence-electron chi connectivity index (χ2n) is 5.97. The first-order valence-electron chi connectivity index (χ1n) is 7.84. The number of amides is 1. The van der Waals surface area contributed by atoms with E-state index in [2.05, 4.69) is 17.4 Å². The van der Waals surface area contributed by atoms with E-state index in [4.69, 9.17) is 4.74 Å². The van der Waals surface area contributed by atoms with Crippen LogP contribution in [-0.4, -0.2) is 25.2 Å². The Morgan fingerprint density at radius 2 is 1.70 bits per heavy atom. The molecule has 1 N–H and O–H groups in total. The minimum atomic E-state index is -0.333. The van der Waals surface area contributed by atoms with Crippen LogP contribution in [0.2, 0.25) is 0 Å². The molecule has 1 aliphatic carbocycles. The molecule has 0 aliphatic heterocycles. The molecular weight excluding hydrogens is 286 g/mol. The van der Waals surface area contributed by atoms with Crippen molar-refractivity contribution >= 4 is 12.0 Å². The summed E-state index contributed by atoms with van der Waals surface area (Å²) in [6, 6.07) is 18.2. The second kappa shape index (κ2) is 6.80. The molecule has 0 radical (unpaired) electrons. The first-order chi connectivity index (χ1) is 11.2. The maximum absolute atomic E-state index is 12.1. The highest BCUT2D eigenvalue weighted by Crippen LogP contribution is 2.32. The predicted octanol–water partition coefficient (Wildman–Crippen LogP) is 3.00. The van der Waals surface area contributed by atoms with Gasteiger partial charge in [0.15, 0.2) is 0 Å². The zero-order valence-corrected chi connectivity index (χ0v) is 13.3. The second-order valence-corrected chi connectivity index (χ2v) is 5.97. The third kappa shape index (κ3) is 3.69. The first kappa shape index (κ1) is 15.5. The quantitative estimate of drug-likeness (QED) is 0.862. The standard InChI is InChI=1S/C20H21NO2/c1-23-20(13-17-9-5-6-10-18(17)14-20)15-21-19(22)12-11-16-7-3-2-4-8-16/h2-12H,13-15H2,1H3,(H,21,22)/b12-11+. The number of nitrogens with one attached hydrogen (secondary N) is 1. The summed E-state index contributed by atoms with van der Waals surface area (Å²) in [4.78, 5) is 12.1. The predicted molar refractivity (Wildman–Crippen MR) is 92.1 cm³/mol. The van der Waals surface area contributed by atoms with Gasteiger partial charge in [0.2, 0.25) is 5.91 Å². The highest BCUT2D eigenvalue weighted by atomic mass is 16.5. The minimum absolute atomic E-state index is 0.0961. The van der Waals surface area contributed by atoms with Crippen LogP contribution in [0, 0.1) is 0 Å². The number of benzene rings is 2. The average Bonchev–Trinajstić information content (AvgIpc) is 2.98. The Bertz CT molecular complexity index is 682. The Hall–Kier alpha value is -2.39. The number of carbonyl (C=O) groups is 1. The lowest BCUT2D eigenvalue weighted by atomic mass is 10.00. The average molecular weight is 307 g/mol. The zero-order chi connectivity index (χ0) is 16.1. The van der Waals surface area contributed by atoms with Crippen LogP contribution in [0.1, 0.15) is 16.7 Å². The van der Waals surface area contributed by atoms with Crippen molar-refractivity contribution in [2.45, 2.75) is 18.4 Å². The first-order valence-corrected chi connectivity index (χ1v) is 7.84. The van der Waals surface area contributed by atoms with Crippen LogP contribution in [-0.2, 0) is 22.4 Å². The molecule has 23 heavy (non-hydrogen) atoms. The van der Waals surface area contributed by atoms with E-state index in [9.17, 15) is 4.79 Å². The van der Waals surface area contributed by atoms with Gasteiger partial charge in [0, 0.05) is 32.6 Å². The van der Waals surface area contributed by atoms with E-state index >= 15 is 0 Å². The molecule has 0 saturated heterocycles. The van der Waals surface area contributed by atoms with E-state index in [1.54, 1.807) is 13.2 Å². The van der Waals surface area contributed by atoms with Gasteiger partial charge in [0.25, 0.3) is 0 Å². The van der Waals surface area contributed by atoms with Crippen molar-refractivity contribution in [3.8, 4) is 0 Å². The molecule has 3 rings (SSSR count). The molecule has 3 heteroatoms. The molecule has 0 aromatic heterocycles. The van der Waals surface area contributed by atoms with Gasteiger partial charge in [0.05, 0.1) is 5.60 Å². The van der Waals surface area contributed by atoms with Crippen molar-refractivity contribution < 1.29 is 9.53 Å². The van der Waals surface area contributed by atoms with Crippen molar-refractivity contribution in [3.63, 3.8) is 0 Å². The van der Waals surface area contributed by atoms with Gasteiger partial charge in [-0.25, -0.2) is 0 Å². The molecule has 3 nitrogen and oxygen atoms in total. The number of fused-ring (bicyclic) bond motifs is 1. The van der Waals surface area contributed by atoms with Crippen LogP contribution in [0.15, 0.2) is 60.7 Å². The van der Waals surface area contributed by atoms with Gasteiger partial charge >= 0.3 is 0 Å². The summed E-state index contributed by atoms with van der Waals surface area (Å²) in [6.45, 7) is 0.510. The van der Waals surface area contributed by atoms with Crippen LogP contribution >= 0.6 is 0 Å². The van der Waals surface area contributed by atoms with E-state index < -0.39 is 0 Å². The van der Waals surface area contributed by atoms with Crippen LogP contribution in [0.4, 0.5) is 0 Å².